The lowest BCUT2D eigenvalue weighted by Crippen LogP contribution is -2.42. The van der Waals surface area contributed by atoms with E-state index in [1.165, 1.54) is 24.6 Å². The average molecular weight is 603 g/mol. The number of oxazole rings is 1. The van der Waals surface area contributed by atoms with Crippen LogP contribution in [0, 0.1) is 0 Å². The van der Waals surface area contributed by atoms with E-state index in [0.29, 0.717) is 34.8 Å². The number of aryl methyl sites for hydroxylation is 1. The Morgan fingerprint density at radius 1 is 1.05 bits per heavy atom. The second-order valence-electron chi connectivity index (χ2n) is 10.8. The van der Waals surface area contributed by atoms with Crippen LogP contribution < -0.4 is 15.4 Å². The summed E-state index contributed by atoms with van der Waals surface area (Å²) in [7, 11) is -3.73. The molecular formula is C31H34N6O5S. The highest BCUT2D eigenvalue weighted by molar-refractivity contribution is 7.92. The van der Waals surface area contributed by atoms with E-state index in [2.05, 4.69) is 39.2 Å². The van der Waals surface area contributed by atoms with E-state index in [4.69, 9.17) is 4.42 Å². The molecule has 0 fully saturated rings. The molecule has 1 atom stereocenters. The van der Waals surface area contributed by atoms with E-state index in [9.17, 15) is 18.3 Å². The summed E-state index contributed by atoms with van der Waals surface area (Å²) in [6.45, 7) is 5.25. The number of aromatic nitrogens is 3. The number of aliphatic hydroxyl groups is 1. The molecule has 1 amide bonds. The number of hydrogen-bond acceptors (Lipinski definition) is 8. The summed E-state index contributed by atoms with van der Waals surface area (Å²) >= 11 is 0. The second kappa shape index (κ2) is 12.8. The number of nitrogens with zero attached hydrogens (tertiary/aromatic N) is 3. The minimum atomic E-state index is -3.73. The SMILES string of the molecule is CC(C)(CCn1cnc2cc(C(=O)NCc3ncco3)ccc21)NC[C@H](O)c1cccc(NS(=O)(=O)c2ccccc2)c1. The summed E-state index contributed by atoms with van der Waals surface area (Å²) in [6.07, 6.45) is 4.63. The highest BCUT2D eigenvalue weighted by Crippen LogP contribution is 2.22. The van der Waals surface area contributed by atoms with Gasteiger partial charge in [0.1, 0.15) is 6.26 Å². The van der Waals surface area contributed by atoms with Gasteiger partial charge in [0, 0.05) is 29.9 Å². The van der Waals surface area contributed by atoms with Crippen LogP contribution in [0.25, 0.3) is 11.0 Å². The van der Waals surface area contributed by atoms with Gasteiger partial charge < -0.3 is 24.7 Å². The fourth-order valence-electron chi connectivity index (χ4n) is 4.58. The van der Waals surface area contributed by atoms with Crippen LogP contribution in [0.5, 0.6) is 0 Å². The number of fused-ring (bicyclic) bond motifs is 1. The molecule has 11 nitrogen and oxygen atoms in total. The van der Waals surface area contributed by atoms with E-state index in [-0.39, 0.29) is 29.4 Å². The van der Waals surface area contributed by atoms with Crippen molar-refractivity contribution in [3.63, 3.8) is 0 Å². The number of benzene rings is 3. The lowest BCUT2D eigenvalue weighted by atomic mass is 9.99. The molecule has 0 saturated carbocycles. The molecule has 2 aromatic heterocycles. The highest BCUT2D eigenvalue weighted by Gasteiger charge is 2.21. The van der Waals surface area contributed by atoms with Crippen molar-refractivity contribution in [3.05, 3.63) is 109 Å². The zero-order valence-corrected chi connectivity index (χ0v) is 24.7. The van der Waals surface area contributed by atoms with E-state index < -0.39 is 16.1 Å². The lowest BCUT2D eigenvalue weighted by molar-refractivity contribution is 0.0947. The van der Waals surface area contributed by atoms with Gasteiger partial charge in [0.2, 0.25) is 5.89 Å². The van der Waals surface area contributed by atoms with Crippen LogP contribution in [-0.4, -0.2) is 46.1 Å². The summed E-state index contributed by atoms with van der Waals surface area (Å²) in [4.78, 5) is 21.2. The second-order valence-corrected chi connectivity index (χ2v) is 12.5. The molecule has 0 spiro atoms. The molecule has 0 bridgehead atoms. The Balaban J connectivity index is 1.15. The van der Waals surface area contributed by atoms with E-state index in [1.54, 1.807) is 60.9 Å². The molecule has 5 rings (SSSR count). The van der Waals surface area contributed by atoms with Crippen LogP contribution in [0.15, 0.2) is 101 Å². The van der Waals surface area contributed by atoms with Gasteiger partial charge in [-0.15, -0.1) is 0 Å². The summed E-state index contributed by atoms with van der Waals surface area (Å²) in [5.74, 6) is 0.194. The monoisotopic (exact) mass is 602 g/mol. The summed E-state index contributed by atoms with van der Waals surface area (Å²) in [5, 5.41) is 17.1. The van der Waals surface area contributed by atoms with Crippen LogP contribution in [-0.2, 0) is 23.1 Å². The number of carbonyl (C=O) groups is 1. The first kappa shape index (κ1) is 30.0. The van der Waals surface area contributed by atoms with Crippen molar-refractivity contribution in [2.45, 2.75) is 49.9 Å². The summed E-state index contributed by atoms with van der Waals surface area (Å²) in [6, 6.07) is 20.3. The Morgan fingerprint density at radius 3 is 2.63 bits per heavy atom. The van der Waals surface area contributed by atoms with Crippen molar-refractivity contribution >= 4 is 32.7 Å². The predicted octanol–water partition coefficient (Wildman–Crippen LogP) is 4.25. The summed E-state index contributed by atoms with van der Waals surface area (Å²) < 4.78 is 35.1. The molecule has 3 aromatic carbocycles. The molecule has 0 unspecified atom stereocenters. The van der Waals surface area contributed by atoms with Crippen LogP contribution in [0.3, 0.4) is 0 Å². The summed E-state index contributed by atoms with van der Waals surface area (Å²) in [5.41, 5.74) is 2.77. The Hall–Kier alpha value is -4.52. The van der Waals surface area contributed by atoms with Gasteiger partial charge in [-0.1, -0.05) is 30.3 Å². The zero-order valence-electron chi connectivity index (χ0n) is 23.9. The van der Waals surface area contributed by atoms with Gasteiger partial charge in [0.05, 0.1) is 41.1 Å². The van der Waals surface area contributed by atoms with Crippen LogP contribution >= 0.6 is 0 Å². The minimum Gasteiger partial charge on any atom is -0.447 e. The molecule has 2 heterocycles. The smallest absolute Gasteiger partial charge is 0.261 e. The van der Waals surface area contributed by atoms with Gasteiger partial charge in [-0.2, -0.15) is 0 Å². The standard InChI is InChI=1S/C31H34N6O5S/c1-31(2,35-19-28(38)22-7-6-8-24(17-22)36-43(40,41)25-9-4-3-5-10-25)13-15-37-21-34-26-18-23(11-12-27(26)37)30(39)33-20-29-32-14-16-42-29/h3-12,14,16-18,21,28,35-36,38H,13,15,19-20H2,1-2H3,(H,33,39)/t28-/m0/s1. The maximum absolute atomic E-state index is 12.7. The van der Waals surface area contributed by atoms with Crippen molar-refractivity contribution in [2.75, 3.05) is 11.3 Å². The lowest BCUT2D eigenvalue weighted by Gasteiger charge is -2.28. The first-order valence-electron chi connectivity index (χ1n) is 13.8. The number of aliphatic hydroxyl groups excluding tert-OH is 1. The Kier molecular flexibility index (Phi) is 8.90. The van der Waals surface area contributed by atoms with Gasteiger partial charge in [0.25, 0.3) is 15.9 Å². The topological polar surface area (TPSA) is 151 Å². The maximum atomic E-state index is 12.7. The Labute approximate surface area is 250 Å². The van der Waals surface area contributed by atoms with E-state index in [1.807, 2.05) is 10.6 Å². The molecule has 43 heavy (non-hydrogen) atoms. The van der Waals surface area contributed by atoms with E-state index in [0.717, 1.165) is 11.9 Å². The number of nitrogens with one attached hydrogen (secondary N) is 3. The number of rotatable bonds is 13. The van der Waals surface area contributed by atoms with Gasteiger partial charge in [-0.25, -0.2) is 18.4 Å². The van der Waals surface area contributed by atoms with Gasteiger partial charge in [0.15, 0.2) is 0 Å². The predicted molar refractivity (Wildman–Crippen MR) is 163 cm³/mol. The van der Waals surface area contributed by atoms with Crippen molar-refractivity contribution in [3.8, 4) is 0 Å². The third-order valence-corrected chi connectivity index (χ3v) is 8.49. The maximum Gasteiger partial charge on any atom is 0.261 e. The van der Waals surface area contributed by atoms with Gasteiger partial charge in [-0.05, 0) is 68.3 Å². The number of hydrogen-bond donors (Lipinski definition) is 4. The Morgan fingerprint density at radius 2 is 1.86 bits per heavy atom. The van der Waals surface area contributed by atoms with E-state index >= 15 is 0 Å². The molecule has 0 aliphatic carbocycles. The number of amides is 1. The number of β-amino-alcohol motifs (C(OH)–C–C–N with tert-alkyl or cyclic N) is 1. The molecule has 0 aliphatic rings. The number of carbonyl (C=O) groups excluding carboxylic acids is 1. The molecule has 12 heteroatoms. The number of imidazole rings is 1. The highest BCUT2D eigenvalue weighted by atomic mass is 32.2. The van der Waals surface area contributed by atoms with Gasteiger partial charge >= 0.3 is 0 Å². The van der Waals surface area contributed by atoms with Gasteiger partial charge in [-0.3, -0.25) is 9.52 Å². The first-order valence-corrected chi connectivity index (χ1v) is 15.3. The molecule has 0 radical (unpaired) electrons. The normalized spacial score (nSPS) is 12.7. The number of sulfonamides is 1. The average Bonchev–Trinajstić information content (AvgIpc) is 3.68. The van der Waals surface area contributed by atoms with Crippen molar-refractivity contribution < 1.29 is 22.7 Å². The zero-order chi connectivity index (χ0) is 30.5. The Bertz CT molecular complexity index is 1790. The molecule has 0 aliphatic heterocycles. The fraction of sp³-hybridized carbons (Fsp3) is 0.258. The molecule has 224 valence electrons. The molecule has 5 aromatic rings. The van der Waals surface area contributed by atoms with Crippen molar-refractivity contribution in [1.82, 2.24) is 25.2 Å². The largest absolute Gasteiger partial charge is 0.447 e. The van der Waals surface area contributed by atoms with Crippen molar-refractivity contribution in [1.29, 1.82) is 0 Å². The molecule has 0 saturated heterocycles. The fourth-order valence-corrected chi connectivity index (χ4v) is 5.65. The number of anilines is 1. The van der Waals surface area contributed by atoms with Crippen LogP contribution in [0.1, 0.15) is 48.2 Å². The first-order chi connectivity index (χ1) is 20.6. The van der Waals surface area contributed by atoms with Crippen LogP contribution in [0.4, 0.5) is 5.69 Å². The third kappa shape index (κ3) is 7.66. The quantitative estimate of drug-likeness (QED) is 0.156. The molecule has 4 N–H and O–H groups in total. The third-order valence-electron chi connectivity index (χ3n) is 7.10. The van der Waals surface area contributed by atoms with Crippen molar-refractivity contribution in [2.24, 2.45) is 0 Å². The minimum absolute atomic E-state index is 0.167. The van der Waals surface area contributed by atoms with Crippen LogP contribution in [0.2, 0.25) is 0 Å². The molecular weight excluding hydrogens is 568 g/mol.